The zero-order valence-electron chi connectivity index (χ0n) is 10.9. The van der Waals surface area contributed by atoms with Gasteiger partial charge in [0.15, 0.2) is 0 Å². The Labute approximate surface area is 103 Å². The number of hydrogen-bond acceptors (Lipinski definition) is 3. The second-order valence-corrected chi connectivity index (χ2v) is 5.32. The van der Waals surface area contributed by atoms with Gasteiger partial charge in [-0.25, -0.2) is 0 Å². The number of aromatic nitrogens is 1. The second-order valence-electron chi connectivity index (χ2n) is 5.32. The van der Waals surface area contributed by atoms with Crippen molar-refractivity contribution in [1.29, 1.82) is 0 Å². The topological polar surface area (TPSA) is 45.1 Å². The van der Waals surface area contributed by atoms with Crippen LogP contribution in [0.25, 0.3) is 0 Å². The van der Waals surface area contributed by atoms with Crippen molar-refractivity contribution in [3.8, 4) is 5.75 Å². The van der Waals surface area contributed by atoms with Gasteiger partial charge in [0.1, 0.15) is 5.75 Å². The summed E-state index contributed by atoms with van der Waals surface area (Å²) in [4.78, 5) is 4.37. The molecular formula is C14H22N2O. The predicted molar refractivity (Wildman–Crippen MR) is 68.8 cm³/mol. The molecule has 17 heavy (non-hydrogen) atoms. The van der Waals surface area contributed by atoms with E-state index in [1.54, 1.807) is 6.07 Å². The molecule has 1 heterocycles. The van der Waals surface area contributed by atoms with Crippen LogP contribution in [0.15, 0.2) is 12.1 Å². The molecule has 0 saturated heterocycles. The number of hydrogen-bond donors (Lipinski definition) is 2. The zero-order chi connectivity index (χ0) is 12.4. The summed E-state index contributed by atoms with van der Waals surface area (Å²) in [5, 5.41) is 13.2. The summed E-state index contributed by atoms with van der Waals surface area (Å²) in [6, 6.07) is 4.12. The van der Waals surface area contributed by atoms with Crippen LogP contribution in [0.1, 0.15) is 38.1 Å². The fourth-order valence-electron chi connectivity index (χ4n) is 2.61. The van der Waals surface area contributed by atoms with Gasteiger partial charge in [0.25, 0.3) is 0 Å². The highest BCUT2D eigenvalue weighted by Crippen LogP contribution is 2.31. The van der Waals surface area contributed by atoms with E-state index in [9.17, 15) is 5.11 Å². The summed E-state index contributed by atoms with van der Waals surface area (Å²) >= 11 is 0. The molecule has 0 bridgehead atoms. The first-order chi connectivity index (χ1) is 8.08. The Bertz CT molecular complexity index is 392. The first kappa shape index (κ1) is 12.4. The average Bonchev–Trinajstić information content (AvgIpc) is 2.62. The van der Waals surface area contributed by atoms with E-state index in [4.69, 9.17) is 0 Å². The van der Waals surface area contributed by atoms with Crippen molar-refractivity contribution in [3.05, 3.63) is 23.5 Å². The van der Waals surface area contributed by atoms with Crippen LogP contribution in [0.2, 0.25) is 0 Å². The molecule has 0 radical (unpaired) electrons. The number of aryl methyl sites for hydroxylation is 1. The van der Waals surface area contributed by atoms with Gasteiger partial charge in [-0.3, -0.25) is 4.98 Å². The number of pyridine rings is 1. The van der Waals surface area contributed by atoms with Crippen LogP contribution in [0.4, 0.5) is 0 Å². The number of nitrogens with zero attached hydrogens (tertiary/aromatic N) is 1. The summed E-state index contributed by atoms with van der Waals surface area (Å²) in [7, 11) is 0. The number of rotatable bonds is 3. The van der Waals surface area contributed by atoms with Gasteiger partial charge in [-0.1, -0.05) is 13.8 Å². The van der Waals surface area contributed by atoms with Crippen molar-refractivity contribution in [2.45, 2.75) is 46.2 Å². The van der Waals surface area contributed by atoms with Gasteiger partial charge in [0.2, 0.25) is 0 Å². The fourth-order valence-corrected chi connectivity index (χ4v) is 2.61. The van der Waals surface area contributed by atoms with Crippen LogP contribution in [-0.2, 0) is 6.54 Å². The van der Waals surface area contributed by atoms with Crippen molar-refractivity contribution in [3.63, 3.8) is 0 Å². The van der Waals surface area contributed by atoms with E-state index in [-0.39, 0.29) is 0 Å². The summed E-state index contributed by atoms with van der Waals surface area (Å²) in [6.07, 6.45) is 2.53. The maximum Gasteiger partial charge on any atom is 0.138 e. The molecule has 2 rings (SSSR count). The smallest absolute Gasteiger partial charge is 0.138 e. The monoisotopic (exact) mass is 234 g/mol. The van der Waals surface area contributed by atoms with E-state index in [0.717, 1.165) is 17.3 Å². The summed E-state index contributed by atoms with van der Waals surface area (Å²) < 4.78 is 0. The Morgan fingerprint density at radius 1 is 1.35 bits per heavy atom. The fraction of sp³-hybridized carbons (Fsp3) is 0.643. The molecule has 1 saturated carbocycles. The summed E-state index contributed by atoms with van der Waals surface area (Å²) in [5.41, 5.74) is 1.71. The molecule has 2 N–H and O–H groups in total. The third-order valence-corrected chi connectivity index (χ3v) is 4.09. The van der Waals surface area contributed by atoms with E-state index in [2.05, 4.69) is 24.1 Å². The third kappa shape index (κ3) is 2.78. The second kappa shape index (κ2) is 5.05. The van der Waals surface area contributed by atoms with Gasteiger partial charge in [-0.2, -0.15) is 0 Å². The average molecular weight is 234 g/mol. The van der Waals surface area contributed by atoms with Crippen LogP contribution < -0.4 is 5.32 Å². The molecule has 3 atom stereocenters. The standard InChI is InChI=1S/C14H22N2O/c1-9-4-6-12(11(9)3)15-8-13-14(17)7-5-10(2)16-13/h5,7,9,11-12,15,17H,4,6,8H2,1-3H3. The van der Waals surface area contributed by atoms with Crippen molar-refractivity contribution in [1.82, 2.24) is 10.3 Å². The van der Waals surface area contributed by atoms with Crippen LogP contribution in [0.3, 0.4) is 0 Å². The van der Waals surface area contributed by atoms with Gasteiger partial charge in [-0.15, -0.1) is 0 Å². The first-order valence-electron chi connectivity index (χ1n) is 6.47. The molecule has 3 nitrogen and oxygen atoms in total. The minimum Gasteiger partial charge on any atom is -0.506 e. The number of nitrogens with one attached hydrogen (secondary N) is 1. The van der Waals surface area contributed by atoms with E-state index in [1.807, 2.05) is 13.0 Å². The lowest BCUT2D eigenvalue weighted by Gasteiger charge is -2.19. The molecule has 1 aromatic heterocycles. The quantitative estimate of drug-likeness (QED) is 0.845. The summed E-state index contributed by atoms with van der Waals surface area (Å²) in [5.74, 6) is 1.80. The lowest BCUT2D eigenvalue weighted by Crippen LogP contribution is -2.32. The van der Waals surface area contributed by atoms with Crippen LogP contribution in [0, 0.1) is 18.8 Å². The molecule has 0 spiro atoms. The molecule has 1 aromatic rings. The zero-order valence-corrected chi connectivity index (χ0v) is 10.9. The molecule has 3 unspecified atom stereocenters. The Kier molecular flexibility index (Phi) is 3.67. The third-order valence-electron chi connectivity index (χ3n) is 4.09. The van der Waals surface area contributed by atoms with Crippen LogP contribution >= 0.6 is 0 Å². The van der Waals surface area contributed by atoms with Crippen molar-refractivity contribution >= 4 is 0 Å². The van der Waals surface area contributed by atoms with Crippen molar-refractivity contribution in [2.24, 2.45) is 11.8 Å². The SMILES string of the molecule is Cc1ccc(O)c(CNC2CCC(C)C2C)n1. The normalized spacial score (nSPS) is 28.5. The molecule has 0 amide bonds. The maximum absolute atomic E-state index is 9.72. The van der Waals surface area contributed by atoms with E-state index in [1.165, 1.54) is 12.8 Å². The Hall–Kier alpha value is -1.09. The van der Waals surface area contributed by atoms with Gasteiger partial charge < -0.3 is 10.4 Å². The molecule has 1 aliphatic carbocycles. The van der Waals surface area contributed by atoms with Crippen LogP contribution in [0.5, 0.6) is 5.75 Å². The summed E-state index contributed by atoms with van der Waals surface area (Å²) in [6.45, 7) is 7.23. The highest BCUT2D eigenvalue weighted by atomic mass is 16.3. The van der Waals surface area contributed by atoms with Gasteiger partial charge >= 0.3 is 0 Å². The molecule has 0 aromatic carbocycles. The molecule has 3 heteroatoms. The van der Waals surface area contributed by atoms with Gasteiger partial charge in [-0.05, 0) is 43.7 Å². The van der Waals surface area contributed by atoms with E-state index >= 15 is 0 Å². The molecule has 1 fully saturated rings. The minimum absolute atomic E-state index is 0.293. The molecule has 94 valence electrons. The first-order valence-corrected chi connectivity index (χ1v) is 6.47. The molecule has 1 aliphatic rings. The van der Waals surface area contributed by atoms with Crippen molar-refractivity contribution < 1.29 is 5.11 Å². The Morgan fingerprint density at radius 3 is 2.76 bits per heavy atom. The lowest BCUT2D eigenvalue weighted by atomic mass is 9.98. The largest absolute Gasteiger partial charge is 0.506 e. The highest BCUT2D eigenvalue weighted by molar-refractivity contribution is 5.27. The van der Waals surface area contributed by atoms with Crippen LogP contribution in [-0.4, -0.2) is 16.1 Å². The van der Waals surface area contributed by atoms with E-state index in [0.29, 0.717) is 24.3 Å². The van der Waals surface area contributed by atoms with Gasteiger partial charge in [0, 0.05) is 18.3 Å². The maximum atomic E-state index is 9.72. The minimum atomic E-state index is 0.293. The van der Waals surface area contributed by atoms with Gasteiger partial charge in [0.05, 0.1) is 5.69 Å². The Balaban J connectivity index is 1.96. The highest BCUT2D eigenvalue weighted by Gasteiger charge is 2.29. The molecular weight excluding hydrogens is 212 g/mol. The Morgan fingerprint density at radius 2 is 2.12 bits per heavy atom. The molecule has 0 aliphatic heterocycles. The lowest BCUT2D eigenvalue weighted by molar-refractivity contribution is 0.365. The van der Waals surface area contributed by atoms with Crippen molar-refractivity contribution in [2.75, 3.05) is 0 Å². The predicted octanol–water partition coefficient (Wildman–Crippen LogP) is 2.62. The van der Waals surface area contributed by atoms with E-state index < -0.39 is 0 Å². The number of aromatic hydroxyl groups is 1.